The Bertz CT molecular complexity index is 492. The lowest BCUT2D eigenvalue weighted by atomic mass is 10.1. The van der Waals surface area contributed by atoms with E-state index in [4.69, 9.17) is 15.6 Å². The van der Waals surface area contributed by atoms with Gasteiger partial charge >= 0.3 is 5.97 Å². The monoisotopic (exact) mass is 266 g/mol. The molecule has 0 aliphatic carbocycles. The van der Waals surface area contributed by atoms with Crippen molar-refractivity contribution in [2.45, 2.75) is 26.4 Å². The summed E-state index contributed by atoms with van der Waals surface area (Å²) in [6.07, 6.45) is 0. The number of carbonyl (C=O) groups excluding carboxylic acids is 1. The Morgan fingerprint density at radius 2 is 2.00 bits per heavy atom. The Hall–Kier alpha value is -2.08. The van der Waals surface area contributed by atoms with Gasteiger partial charge in [-0.05, 0) is 39.0 Å². The molecular weight excluding hydrogens is 248 g/mol. The molecule has 0 spiro atoms. The summed E-state index contributed by atoms with van der Waals surface area (Å²) in [6.45, 7) is 5.31. The predicted molar refractivity (Wildman–Crippen MR) is 72.1 cm³/mol. The highest BCUT2D eigenvalue weighted by Gasteiger charge is 2.16. The molecule has 0 aliphatic heterocycles. The third-order valence-electron chi connectivity index (χ3n) is 2.18. The number of carboxylic acids is 1. The molecule has 104 valence electrons. The molecule has 4 N–H and O–H groups in total. The number of nitrogens with two attached hydrogens (primary N) is 1. The number of carbonyl (C=O) groups is 2. The van der Waals surface area contributed by atoms with Gasteiger partial charge < -0.3 is 20.9 Å². The van der Waals surface area contributed by atoms with Crippen molar-refractivity contribution in [1.29, 1.82) is 0 Å². The first-order valence-electron chi connectivity index (χ1n) is 5.75. The van der Waals surface area contributed by atoms with Gasteiger partial charge in [-0.3, -0.25) is 4.79 Å². The first-order valence-corrected chi connectivity index (χ1v) is 5.75. The van der Waals surface area contributed by atoms with E-state index >= 15 is 0 Å². The van der Waals surface area contributed by atoms with Crippen LogP contribution in [0.2, 0.25) is 0 Å². The predicted octanol–water partition coefficient (Wildman–Crippen LogP) is 1.72. The molecule has 6 heteroatoms. The summed E-state index contributed by atoms with van der Waals surface area (Å²) in [7, 11) is 0. The van der Waals surface area contributed by atoms with Crippen LogP contribution in [0.5, 0.6) is 0 Å². The normalized spacial score (nSPS) is 11.1. The van der Waals surface area contributed by atoms with Crippen molar-refractivity contribution >= 4 is 23.3 Å². The molecule has 6 nitrogen and oxygen atoms in total. The SMILES string of the molecule is CC(C)(C)OCC(=O)Nc1cc(N)ccc1C(=O)O. The fraction of sp³-hybridized carbons (Fsp3) is 0.385. The van der Waals surface area contributed by atoms with Crippen LogP contribution in [0.3, 0.4) is 0 Å². The van der Waals surface area contributed by atoms with Crippen LogP contribution < -0.4 is 11.1 Å². The Balaban J connectivity index is 2.78. The van der Waals surface area contributed by atoms with E-state index in [0.717, 1.165) is 0 Å². The van der Waals surface area contributed by atoms with E-state index in [1.165, 1.54) is 18.2 Å². The summed E-state index contributed by atoms with van der Waals surface area (Å²) >= 11 is 0. The number of ether oxygens (including phenoxy) is 1. The quantitative estimate of drug-likeness (QED) is 0.720. The van der Waals surface area contributed by atoms with E-state index in [2.05, 4.69) is 5.32 Å². The van der Waals surface area contributed by atoms with Crippen molar-refractivity contribution in [2.24, 2.45) is 0 Å². The molecule has 0 saturated heterocycles. The highest BCUT2D eigenvalue weighted by atomic mass is 16.5. The molecule has 1 amide bonds. The number of hydrogen-bond acceptors (Lipinski definition) is 4. The third kappa shape index (κ3) is 4.97. The molecular formula is C13H18N2O4. The lowest BCUT2D eigenvalue weighted by molar-refractivity contribution is -0.125. The van der Waals surface area contributed by atoms with Gasteiger partial charge in [-0.15, -0.1) is 0 Å². The molecule has 1 rings (SSSR count). The summed E-state index contributed by atoms with van der Waals surface area (Å²) in [4.78, 5) is 22.7. The van der Waals surface area contributed by atoms with Crippen molar-refractivity contribution in [3.05, 3.63) is 23.8 Å². The van der Waals surface area contributed by atoms with Crippen LogP contribution in [0.25, 0.3) is 0 Å². The molecule has 0 aliphatic rings. The first-order chi connectivity index (χ1) is 8.69. The van der Waals surface area contributed by atoms with Crippen LogP contribution in [0.15, 0.2) is 18.2 Å². The van der Waals surface area contributed by atoms with E-state index in [1.807, 2.05) is 20.8 Å². The van der Waals surface area contributed by atoms with Crippen LogP contribution in [0.4, 0.5) is 11.4 Å². The maximum absolute atomic E-state index is 11.7. The van der Waals surface area contributed by atoms with Crippen molar-refractivity contribution < 1.29 is 19.4 Å². The molecule has 1 aromatic rings. The van der Waals surface area contributed by atoms with Crippen LogP contribution >= 0.6 is 0 Å². The van der Waals surface area contributed by atoms with Gasteiger partial charge in [0.2, 0.25) is 5.91 Å². The summed E-state index contributed by atoms with van der Waals surface area (Å²) in [6, 6.07) is 4.21. The van der Waals surface area contributed by atoms with E-state index in [0.29, 0.717) is 5.69 Å². The summed E-state index contributed by atoms with van der Waals surface area (Å²) in [5.41, 5.74) is 5.65. The molecule has 0 saturated carbocycles. The average molecular weight is 266 g/mol. The topological polar surface area (TPSA) is 102 Å². The summed E-state index contributed by atoms with van der Waals surface area (Å²) < 4.78 is 5.30. The van der Waals surface area contributed by atoms with E-state index < -0.39 is 17.5 Å². The van der Waals surface area contributed by atoms with Gasteiger partial charge in [-0.2, -0.15) is 0 Å². The van der Waals surface area contributed by atoms with Crippen molar-refractivity contribution in [2.75, 3.05) is 17.7 Å². The number of carboxylic acid groups (broad SMARTS) is 1. The van der Waals surface area contributed by atoms with Gasteiger partial charge in [-0.1, -0.05) is 0 Å². The second-order valence-corrected chi connectivity index (χ2v) is 5.06. The maximum Gasteiger partial charge on any atom is 0.337 e. The fourth-order valence-electron chi connectivity index (χ4n) is 1.32. The van der Waals surface area contributed by atoms with Crippen molar-refractivity contribution in [3.63, 3.8) is 0 Å². The van der Waals surface area contributed by atoms with Crippen LogP contribution in [0, 0.1) is 0 Å². The maximum atomic E-state index is 11.7. The van der Waals surface area contributed by atoms with E-state index in [9.17, 15) is 9.59 Å². The fourth-order valence-corrected chi connectivity index (χ4v) is 1.32. The highest BCUT2D eigenvalue weighted by Crippen LogP contribution is 2.19. The number of aromatic carboxylic acids is 1. The standard InChI is InChI=1S/C13H18N2O4/c1-13(2,3)19-7-11(16)15-10-6-8(14)4-5-9(10)12(17)18/h4-6H,7,14H2,1-3H3,(H,15,16)(H,17,18). The number of nitrogen functional groups attached to an aromatic ring is 1. The van der Waals surface area contributed by atoms with E-state index in [-0.39, 0.29) is 17.9 Å². The summed E-state index contributed by atoms with van der Waals surface area (Å²) in [5.74, 6) is -1.56. The smallest absolute Gasteiger partial charge is 0.337 e. The molecule has 0 bridgehead atoms. The first kappa shape index (κ1) is 15.0. The Kier molecular flexibility index (Phi) is 4.50. The van der Waals surface area contributed by atoms with Gasteiger partial charge in [0.15, 0.2) is 0 Å². The Labute approximate surface area is 111 Å². The zero-order chi connectivity index (χ0) is 14.6. The molecule has 0 radical (unpaired) electrons. The molecule has 0 unspecified atom stereocenters. The van der Waals surface area contributed by atoms with Gasteiger partial charge in [-0.25, -0.2) is 4.79 Å². The Morgan fingerprint density at radius 1 is 1.37 bits per heavy atom. The van der Waals surface area contributed by atoms with Gasteiger partial charge in [0, 0.05) is 5.69 Å². The number of benzene rings is 1. The largest absolute Gasteiger partial charge is 0.478 e. The van der Waals surface area contributed by atoms with Crippen LogP contribution in [0.1, 0.15) is 31.1 Å². The average Bonchev–Trinajstić information content (AvgIpc) is 2.25. The minimum absolute atomic E-state index is 0.0155. The summed E-state index contributed by atoms with van der Waals surface area (Å²) in [5, 5.41) is 11.5. The van der Waals surface area contributed by atoms with Crippen LogP contribution in [-0.2, 0) is 9.53 Å². The Morgan fingerprint density at radius 3 is 2.53 bits per heavy atom. The lowest BCUT2D eigenvalue weighted by Crippen LogP contribution is -2.27. The number of amides is 1. The van der Waals surface area contributed by atoms with Crippen LogP contribution in [-0.4, -0.2) is 29.2 Å². The molecule has 0 heterocycles. The molecule has 0 atom stereocenters. The van der Waals surface area contributed by atoms with Crippen molar-refractivity contribution in [3.8, 4) is 0 Å². The molecule has 19 heavy (non-hydrogen) atoms. The van der Waals surface area contributed by atoms with Gasteiger partial charge in [0.05, 0.1) is 16.9 Å². The molecule has 1 aromatic carbocycles. The third-order valence-corrected chi connectivity index (χ3v) is 2.18. The number of anilines is 2. The minimum Gasteiger partial charge on any atom is -0.478 e. The van der Waals surface area contributed by atoms with Gasteiger partial charge in [0.25, 0.3) is 0 Å². The number of hydrogen-bond donors (Lipinski definition) is 3. The number of rotatable bonds is 4. The lowest BCUT2D eigenvalue weighted by Gasteiger charge is -2.19. The zero-order valence-corrected chi connectivity index (χ0v) is 11.2. The second-order valence-electron chi connectivity index (χ2n) is 5.06. The minimum atomic E-state index is -1.13. The number of nitrogens with one attached hydrogen (secondary N) is 1. The van der Waals surface area contributed by atoms with Gasteiger partial charge in [0.1, 0.15) is 6.61 Å². The second kappa shape index (κ2) is 5.71. The molecule has 0 fully saturated rings. The highest BCUT2D eigenvalue weighted by molar-refractivity contribution is 6.01. The molecule has 0 aromatic heterocycles. The van der Waals surface area contributed by atoms with Crippen molar-refractivity contribution in [1.82, 2.24) is 0 Å². The zero-order valence-electron chi connectivity index (χ0n) is 11.2. The van der Waals surface area contributed by atoms with E-state index in [1.54, 1.807) is 0 Å².